The summed E-state index contributed by atoms with van der Waals surface area (Å²) < 4.78 is 0. The lowest BCUT2D eigenvalue weighted by molar-refractivity contribution is -0.385. The van der Waals surface area contributed by atoms with Gasteiger partial charge in [-0.15, -0.1) is 0 Å². The largest absolute Gasteiger partial charge is 0.371 e. The Hall–Kier alpha value is -1.66. The van der Waals surface area contributed by atoms with Crippen molar-refractivity contribution in [3.8, 4) is 0 Å². The molecule has 0 bridgehead atoms. The molecule has 0 radical (unpaired) electrons. The van der Waals surface area contributed by atoms with E-state index in [4.69, 9.17) is 0 Å². The van der Waals surface area contributed by atoms with Crippen molar-refractivity contribution < 1.29 is 4.92 Å². The van der Waals surface area contributed by atoms with Gasteiger partial charge >= 0.3 is 0 Å². The highest BCUT2D eigenvalue weighted by Gasteiger charge is 2.44. The third-order valence-corrected chi connectivity index (χ3v) is 6.12. The number of nitro benzene ring substituents is 1. The number of likely N-dealkylation sites (tertiary alicyclic amines) is 1. The Morgan fingerprint density at radius 2 is 1.88 bits per heavy atom. The molecule has 1 spiro atoms. The maximum Gasteiger partial charge on any atom is 0.272 e. The number of nitro groups is 1. The highest BCUT2D eigenvalue weighted by atomic mass is 16.6. The number of hydrogen-bond acceptors (Lipinski definition) is 5. The molecule has 2 fully saturated rings. The minimum absolute atomic E-state index is 0.252. The lowest BCUT2D eigenvalue weighted by Crippen LogP contribution is -2.61. The van der Waals surface area contributed by atoms with Gasteiger partial charge in [-0.1, -0.05) is 6.92 Å². The fourth-order valence-corrected chi connectivity index (χ4v) is 4.46. The van der Waals surface area contributed by atoms with Crippen LogP contribution in [0.5, 0.6) is 0 Å². The molecular weight excluding hydrogens is 328 g/mol. The molecule has 1 aromatic rings. The normalized spacial score (nSPS) is 19.8. The van der Waals surface area contributed by atoms with Gasteiger partial charge in [0.15, 0.2) is 0 Å². The fourth-order valence-electron chi connectivity index (χ4n) is 4.46. The van der Waals surface area contributed by atoms with Crippen LogP contribution in [0.15, 0.2) is 12.1 Å². The summed E-state index contributed by atoms with van der Waals surface area (Å²) in [6, 6.07) is 3.81. The highest BCUT2D eigenvalue weighted by molar-refractivity contribution is 5.61. The second-order valence-corrected chi connectivity index (χ2v) is 8.38. The second-order valence-electron chi connectivity index (χ2n) is 8.38. The number of likely N-dealkylation sites (N-methyl/N-ethyl adjacent to an activating group) is 1. The van der Waals surface area contributed by atoms with Gasteiger partial charge < -0.3 is 14.7 Å². The highest BCUT2D eigenvalue weighted by Crippen LogP contribution is 2.42. The number of benzene rings is 1. The van der Waals surface area contributed by atoms with E-state index in [0.717, 1.165) is 30.8 Å². The topological polar surface area (TPSA) is 52.9 Å². The molecule has 0 atom stereocenters. The average molecular weight is 361 g/mol. The number of aryl methyl sites for hydroxylation is 2. The lowest BCUT2D eigenvalue weighted by atomic mass is 9.72. The van der Waals surface area contributed by atoms with Crippen molar-refractivity contribution in [2.45, 2.75) is 33.1 Å². The van der Waals surface area contributed by atoms with E-state index in [1.807, 2.05) is 13.8 Å². The Bertz CT molecular complexity index is 658. The summed E-state index contributed by atoms with van der Waals surface area (Å²) in [5, 5.41) is 11.3. The van der Waals surface area contributed by atoms with E-state index in [1.165, 1.54) is 38.2 Å². The van der Waals surface area contributed by atoms with Crippen LogP contribution in [0.3, 0.4) is 0 Å². The molecule has 3 rings (SSSR count). The van der Waals surface area contributed by atoms with Crippen molar-refractivity contribution in [2.24, 2.45) is 5.41 Å². The van der Waals surface area contributed by atoms with E-state index in [1.54, 1.807) is 6.07 Å². The summed E-state index contributed by atoms with van der Waals surface area (Å²) in [7, 11) is 4.26. The van der Waals surface area contributed by atoms with Crippen LogP contribution in [0.2, 0.25) is 0 Å². The molecule has 1 aromatic carbocycles. The van der Waals surface area contributed by atoms with Crippen LogP contribution in [-0.2, 0) is 6.42 Å². The van der Waals surface area contributed by atoms with Gasteiger partial charge in [0, 0.05) is 56.6 Å². The molecule has 2 saturated heterocycles. The van der Waals surface area contributed by atoms with Crippen molar-refractivity contribution in [2.75, 3.05) is 58.3 Å². The van der Waals surface area contributed by atoms with Crippen LogP contribution in [0.4, 0.5) is 11.4 Å². The maximum absolute atomic E-state index is 11.3. The zero-order valence-corrected chi connectivity index (χ0v) is 16.6. The minimum Gasteiger partial charge on any atom is -0.371 e. The molecule has 0 saturated carbocycles. The minimum atomic E-state index is -0.252. The van der Waals surface area contributed by atoms with E-state index in [0.29, 0.717) is 11.8 Å². The van der Waals surface area contributed by atoms with E-state index in [-0.39, 0.29) is 10.6 Å². The number of hydrogen-bond donors (Lipinski definition) is 0. The number of piperidine rings is 1. The quantitative estimate of drug-likeness (QED) is 0.577. The molecule has 26 heavy (non-hydrogen) atoms. The molecule has 2 aliphatic heterocycles. The van der Waals surface area contributed by atoms with Gasteiger partial charge in [0.2, 0.25) is 0 Å². The Balaban J connectivity index is 1.61. The van der Waals surface area contributed by atoms with Gasteiger partial charge in [0.25, 0.3) is 5.69 Å². The molecule has 0 N–H and O–H groups in total. The molecule has 144 valence electrons. The number of rotatable bonds is 6. The average Bonchev–Trinajstić information content (AvgIpc) is 2.58. The van der Waals surface area contributed by atoms with Crippen molar-refractivity contribution >= 4 is 11.4 Å². The molecule has 0 unspecified atom stereocenters. The molecule has 2 aliphatic rings. The summed E-state index contributed by atoms with van der Waals surface area (Å²) in [5.74, 6) is 0. The Kier molecular flexibility index (Phi) is 5.53. The first kappa shape index (κ1) is 19.1. The first-order chi connectivity index (χ1) is 12.3. The van der Waals surface area contributed by atoms with E-state index in [9.17, 15) is 10.1 Å². The Morgan fingerprint density at radius 1 is 1.23 bits per heavy atom. The van der Waals surface area contributed by atoms with Crippen molar-refractivity contribution in [1.82, 2.24) is 9.80 Å². The van der Waals surface area contributed by atoms with E-state index >= 15 is 0 Å². The molecule has 2 heterocycles. The summed E-state index contributed by atoms with van der Waals surface area (Å²) in [4.78, 5) is 18.3. The molecule has 0 amide bonds. The molecule has 6 nitrogen and oxygen atoms in total. The van der Waals surface area contributed by atoms with Crippen LogP contribution in [0.1, 0.15) is 30.9 Å². The maximum atomic E-state index is 11.3. The molecule has 0 aromatic heterocycles. The van der Waals surface area contributed by atoms with Gasteiger partial charge in [-0.3, -0.25) is 10.1 Å². The predicted octanol–water partition coefficient (Wildman–Crippen LogP) is 2.93. The predicted molar refractivity (Wildman–Crippen MR) is 106 cm³/mol. The number of anilines is 1. The molecular formula is C20H32N4O2. The fraction of sp³-hybridized carbons (Fsp3) is 0.700. The van der Waals surface area contributed by atoms with Crippen molar-refractivity contribution in [3.63, 3.8) is 0 Å². The lowest BCUT2D eigenvalue weighted by Gasteiger charge is -2.54. The standard InChI is InChI=1S/C20H32N4O2/c1-5-17-13-18(16(2)12-19(17)24(25)26)23-8-6-20(7-9-23)14-22(15-20)11-10-21(3)4/h12-13H,5-11,14-15H2,1-4H3. The first-order valence-corrected chi connectivity index (χ1v) is 9.73. The van der Waals surface area contributed by atoms with Crippen LogP contribution >= 0.6 is 0 Å². The zero-order chi connectivity index (χ0) is 18.9. The monoisotopic (exact) mass is 360 g/mol. The SMILES string of the molecule is CCc1cc(N2CCC3(CC2)CN(CCN(C)C)C3)c(C)cc1[N+](=O)[O-]. The van der Waals surface area contributed by atoms with Gasteiger partial charge in [0.1, 0.15) is 0 Å². The van der Waals surface area contributed by atoms with E-state index < -0.39 is 0 Å². The van der Waals surface area contributed by atoms with Crippen LogP contribution in [-0.4, -0.2) is 68.1 Å². The second kappa shape index (κ2) is 7.53. The van der Waals surface area contributed by atoms with Crippen molar-refractivity contribution in [1.29, 1.82) is 0 Å². The zero-order valence-electron chi connectivity index (χ0n) is 16.6. The Morgan fingerprint density at radius 3 is 2.42 bits per heavy atom. The number of nitrogens with zero attached hydrogens (tertiary/aromatic N) is 4. The van der Waals surface area contributed by atoms with Gasteiger partial charge in [0.05, 0.1) is 4.92 Å². The smallest absolute Gasteiger partial charge is 0.272 e. The van der Waals surface area contributed by atoms with Gasteiger partial charge in [-0.05, 0) is 57.3 Å². The van der Waals surface area contributed by atoms with Gasteiger partial charge in [-0.2, -0.15) is 0 Å². The van der Waals surface area contributed by atoms with Crippen molar-refractivity contribution in [3.05, 3.63) is 33.4 Å². The van der Waals surface area contributed by atoms with Crippen LogP contribution in [0.25, 0.3) is 0 Å². The van der Waals surface area contributed by atoms with Crippen LogP contribution < -0.4 is 4.90 Å². The molecule has 6 heteroatoms. The Labute approximate surface area is 156 Å². The van der Waals surface area contributed by atoms with Gasteiger partial charge in [-0.25, -0.2) is 0 Å². The summed E-state index contributed by atoms with van der Waals surface area (Å²) >= 11 is 0. The summed E-state index contributed by atoms with van der Waals surface area (Å²) in [6.45, 7) is 10.9. The third-order valence-electron chi connectivity index (χ3n) is 6.12. The van der Waals surface area contributed by atoms with Crippen LogP contribution in [0, 0.1) is 22.5 Å². The summed E-state index contributed by atoms with van der Waals surface area (Å²) in [5.41, 5.74) is 3.81. The summed E-state index contributed by atoms with van der Waals surface area (Å²) in [6.07, 6.45) is 3.15. The first-order valence-electron chi connectivity index (χ1n) is 9.73. The molecule has 0 aliphatic carbocycles. The van der Waals surface area contributed by atoms with E-state index in [2.05, 4.69) is 34.9 Å². The third kappa shape index (κ3) is 3.86.